The van der Waals surface area contributed by atoms with E-state index in [0.29, 0.717) is 5.69 Å². The van der Waals surface area contributed by atoms with Crippen LogP contribution in [0.2, 0.25) is 0 Å². The first-order chi connectivity index (χ1) is 4.93. The van der Waals surface area contributed by atoms with E-state index in [-0.39, 0.29) is 0 Å². The van der Waals surface area contributed by atoms with Crippen LogP contribution in [-0.2, 0) is 0 Å². The topological polar surface area (TPSA) is 70.4 Å². The highest BCUT2D eigenvalue weighted by Crippen LogP contribution is 2.03. The van der Waals surface area contributed by atoms with Crippen LogP contribution in [0.3, 0.4) is 0 Å². The molecular formula is C5H6N4O. The van der Waals surface area contributed by atoms with Gasteiger partial charge < -0.3 is 0 Å². The van der Waals surface area contributed by atoms with Gasteiger partial charge >= 0.3 is 0 Å². The van der Waals surface area contributed by atoms with Crippen LogP contribution in [-0.4, -0.2) is 21.7 Å². The molecule has 1 aromatic heterocycles. The maximum atomic E-state index is 8.09. The van der Waals surface area contributed by atoms with Gasteiger partial charge in [-0.25, -0.2) is 4.99 Å². The summed E-state index contributed by atoms with van der Waals surface area (Å²) < 4.78 is 0. The minimum atomic E-state index is 0.636. The zero-order chi connectivity index (χ0) is 7.23. The highest BCUT2D eigenvalue weighted by molar-refractivity contribution is 5.58. The first kappa shape index (κ1) is 6.63. The molecule has 0 radical (unpaired) electrons. The van der Waals surface area contributed by atoms with E-state index < -0.39 is 0 Å². The third kappa shape index (κ3) is 1.79. The zero-order valence-corrected chi connectivity index (χ0v) is 5.10. The molecule has 0 amide bonds. The van der Waals surface area contributed by atoms with Gasteiger partial charge in [0.05, 0.1) is 18.1 Å². The molecule has 0 aromatic carbocycles. The number of aromatic nitrogens is 2. The number of aliphatic imine (C=N–C) groups is 1. The summed E-state index contributed by atoms with van der Waals surface area (Å²) in [6.07, 6.45) is 4.15. The average molecular weight is 138 g/mol. The Kier molecular flexibility index (Phi) is 2.33. The van der Waals surface area contributed by atoms with Crippen molar-refractivity contribution in [3.05, 3.63) is 18.5 Å². The quantitative estimate of drug-likeness (QED) is 0.346. The first-order valence-corrected chi connectivity index (χ1v) is 2.62. The molecule has 5 nitrogen and oxygen atoms in total. The molecule has 52 valence electrons. The summed E-state index contributed by atoms with van der Waals surface area (Å²) >= 11 is 0. The Morgan fingerprint density at radius 2 is 2.50 bits per heavy atom. The van der Waals surface area contributed by atoms with Gasteiger partial charge in [-0.15, -0.1) is 0 Å². The lowest BCUT2D eigenvalue weighted by atomic mass is 10.5. The number of nitrogens with one attached hydrogen (secondary N) is 1. The fourth-order valence-corrected chi connectivity index (χ4v) is 0.463. The Labute approximate surface area is 57.4 Å². The van der Waals surface area contributed by atoms with Crippen molar-refractivity contribution in [3.63, 3.8) is 0 Å². The second-order valence-corrected chi connectivity index (χ2v) is 1.49. The molecule has 0 saturated heterocycles. The minimum absolute atomic E-state index is 0.636. The first-order valence-electron chi connectivity index (χ1n) is 2.62. The van der Waals surface area contributed by atoms with Gasteiger partial charge in [0.1, 0.15) is 6.34 Å². The van der Waals surface area contributed by atoms with Crippen LogP contribution in [0, 0.1) is 0 Å². The second kappa shape index (κ2) is 3.52. The van der Waals surface area contributed by atoms with E-state index in [4.69, 9.17) is 5.21 Å². The summed E-state index contributed by atoms with van der Waals surface area (Å²) in [5.74, 6) is 0. The molecular weight excluding hydrogens is 132 g/mol. The number of hydroxylamine groups is 1. The summed E-state index contributed by atoms with van der Waals surface area (Å²) in [5.41, 5.74) is 2.41. The van der Waals surface area contributed by atoms with Crippen LogP contribution in [0.1, 0.15) is 0 Å². The molecule has 0 aliphatic rings. The number of hydrogen-bond donors (Lipinski definition) is 2. The normalized spacial score (nSPS) is 10.1. The maximum absolute atomic E-state index is 8.09. The van der Waals surface area contributed by atoms with E-state index in [1.165, 1.54) is 12.4 Å². The van der Waals surface area contributed by atoms with Crippen LogP contribution in [0.15, 0.2) is 23.5 Å². The van der Waals surface area contributed by atoms with Gasteiger partial charge in [-0.2, -0.15) is 10.2 Å². The lowest BCUT2D eigenvalue weighted by molar-refractivity contribution is 0.240. The fraction of sp³-hybridized carbons (Fsp3) is 0. The molecule has 0 aliphatic carbocycles. The van der Waals surface area contributed by atoms with E-state index in [1.54, 1.807) is 11.5 Å². The Morgan fingerprint density at radius 3 is 3.10 bits per heavy atom. The Bertz CT molecular complexity index is 210. The van der Waals surface area contributed by atoms with E-state index in [9.17, 15) is 0 Å². The molecule has 0 aliphatic heterocycles. The van der Waals surface area contributed by atoms with Crippen LogP contribution in [0.5, 0.6) is 0 Å². The van der Waals surface area contributed by atoms with Crippen molar-refractivity contribution in [3.8, 4) is 0 Å². The van der Waals surface area contributed by atoms with E-state index in [1.807, 2.05) is 0 Å². The van der Waals surface area contributed by atoms with Gasteiger partial charge in [0.15, 0.2) is 0 Å². The molecule has 0 unspecified atom stereocenters. The summed E-state index contributed by atoms with van der Waals surface area (Å²) in [4.78, 5) is 3.74. The number of rotatable bonds is 2. The fourth-order valence-electron chi connectivity index (χ4n) is 0.463. The van der Waals surface area contributed by atoms with Crippen LogP contribution < -0.4 is 5.48 Å². The number of nitrogens with zero attached hydrogens (tertiary/aromatic N) is 3. The Morgan fingerprint density at radius 1 is 1.60 bits per heavy atom. The summed E-state index contributed by atoms with van der Waals surface area (Å²) in [7, 11) is 0. The molecule has 10 heavy (non-hydrogen) atoms. The van der Waals surface area contributed by atoms with Crippen molar-refractivity contribution in [2.24, 2.45) is 4.99 Å². The van der Waals surface area contributed by atoms with E-state index >= 15 is 0 Å². The third-order valence-corrected chi connectivity index (χ3v) is 0.840. The van der Waals surface area contributed by atoms with Crippen molar-refractivity contribution < 1.29 is 5.21 Å². The summed E-state index contributed by atoms with van der Waals surface area (Å²) in [6.45, 7) is 0. The van der Waals surface area contributed by atoms with Crippen molar-refractivity contribution in [1.29, 1.82) is 0 Å². The predicted molar refractivity (Wildman–Crippen MR) is 35.1 cm³/mol. The smallest absolute Gasteiger partial charge is 0.113 e. The second-order valence-electron chi connectivity index (χ2n) is 1.49. The van der Waals surface area contributed by atoms with Gasteiger partial charge in [-0.05, 0) is 6.07 Å². The minimum Gasteiger partial charge on any atom is -0.290 e. The van der Waals surface area contributed by atoms with Crippen LogP contribution in [0.25, 0.3) is 0 Å². The van der Waals surface area contributed by atoms with Crippen molar-refractivity contribution in [2.45, 2.75) is 0 Å². The van der Waals surface area contributed by atoms with Crippen molar-refractivity contribution >= 4 is 12.0 Å². The zero-order valence-electron chi connectivity index (χ0n) is 5.10. The molecule has 0 bridgehead atoms. The largest absolute Gasteiger partial charge is 0.290 e. The standard InChI is InChI=1S/C5H6N4O/c10-9-4-6-5-1-2-7-8-3-5/h1-4,10H,(H,6,7,9). The highest BCUT2D eigenvalue weighted by Gasteiger charge is 1.82. The van der Waals surface area contributed by atoms with Gasteiger partial charge in [0, 0.05) is 0 Å². The van der Waals surface area contributed by atoms with Crippen LogP contribution in [0.4, 0.5) is 5.69 Å². The van der Waals surface area contributed by atoms with E-state index in [2.05, 4.69) is 15.2 Å². The monoisotopic (exact) mass is 138 g/mol. The highest BCUT2D eigenvalue weighted by atomic mass is 16.5. The summed E-state index contributed by atoms with van der Waals surface area (Å²) in [6, 6.07) is 1.67. The lowest BCUT2D eigenvalue weighted by Crippen LogP contribution is -2.00. The Balaban J connectivity index is 2.67. The molecule has 0 saturated carbocycles. The van der Waals surface area contributed by atoms with Gasteiger partial charge in [-0.3, -0.25) is 10.7 Å². The maximum Gasteiger partial charge on any atom is 0.113 e. The molecule has 2 N–H and O–H groups in total. The van der Waals surface area contributed by atoms with E-state index in [0.717, 1.165) is 6.34 Å². The third-order valence-electron chi connectivity index (χ3n) is 0.840. The average Bonchev–Trinajstić information content (AvgIpc) is 2.03. The molecule has 0 spiro atoms. The number of hydrogen-bond acceptors (Lipinski definition) is 4. The molecule has 1 rings (SSSR count). The molecule has 5 heteroatoms. The molecule has 0 fully saturated rings. The predicted octanol–water partition coefficient (Wildman–Crippen LogP) is 0.115. The van der Waals surface area contributed by atoms with Crippen LogP contribution >= 0.6 is 0 Å². The Hall–Kier alpha value is -1.49. The van der Waals surface area contributed by atoms with Gasteiger partial charge in [-0.1, -0.05) is 0 Å². The van der Waals surface area contributed by atoms with Gasteiger partial charge in [0.25, 0.3) is 0 Å². The summed E-state index contributed by atoms with van der Waals surface area (Å²) in [5, 5.41) is 15.2. The SMILES string of the molecule is ONC=Nc1ccnnc1. The lowest BCUT2D eigenvalue weighted by Gasteiger charge is -1.87. The van der Waals surface area contributed by atoms with Gasteiger partial charge in [0.2, 0.25) is 0 Å². The van der Waals surface area contributed by atoms with Crippen molar-refractivity contribution in [1.82, 2.24) is 15.7 Å². The molecule has 1 aromatic rings. The molecule has 1 heterocycles. The van der Waals surface area contributed by atoms with Crippen molar-refractivity contribution in [2.75, 3.05) is 0 Å². The molecule has 0 atom stereocenters.